The van der Waals surface area contributed by atoms with Crippen LogP contribution in [-0.4, -0.2) is 59.0 Å². The lowest BCUT2D eigenvalue weighted by Crippen LogP contribution is -2.54. The van der Waals surface area contributed by atoms with Crippen molar-refractivity contribution in [1.29, 1.82) is 0 Å². The molecular formula is C24H33NO5. The quantitative estimate of drug-likeness (QED) is 0.568. The molecule has 1 spiro atoms. The van der Waals surface area contributed by atoms with Crippen LogP contribution in [0.2, 0.25) is 0 Å². The molecule has 2 aliphatic carbocycles. The van der Waals surface area contributed by atoms with E-state index in [1.54, 1.807) is 24.3 Å². The van der Waals surface area contributed by atoms with Gasteiger partial charge in [-0.05, 0) is 49.9 Å². The van der Waals surface area contributed by atoms with E-state index in [4.69, 9.17) is 9.47 Å². The predicted molar refractivity (Wildman–Crippen MR) is 111 cm³/mol. The normalized spacial score (nSPS) is 42.8. The maximum absolute atomic E-state index is 12.8. The molecule has 6 heteroatoms. The molecule has 6 nitrogen and oxygen atoms in total. The summed E-state index contributed by atoms with van der Waals surface area (Å²) in [6.07, 6.45) is 3.86. The summed E-state index contributed by atoms with van der Waals surface area (Å²) < 4.78 is 12.4. The van der Waals surface area contributed by atoms with E-state index in [9.17, 15) is 15.0 Å². The van der Waals surface area contributed by atoms with E-state index in [0.717, 1.165) is 18.4 Å². The fourth-order valence-electron chi connectivity index (χ4n) is 6.95. The molecule has 5 rings (SSSR count). The number of epoxide rings is 1. The highest BCUT2D eigenvalue weighted by atomic mass is 16.6. The summed E-state index contributed by atoms with van der Waals surface area (Å²) in [7, 11) is 1.93. The topological polar surface area (TPSA) is 82.5 Å². The maximum Gasteiger partial charge on any atom is 0.311 e. The molecule has 8 atom stereocenters. The van der Waals surface area contributed by atoms with Crippen LogP contribution in [0.25, 0.3) is 0 Å². The first-order valence-electron chi connectivity index (χ1n) is 11.3. The number of likely N-dealkylation sites (N-methyl/N-ethyl adjacent to an activating group) is 1. The summed E-state index contributed by atoms with van der Waals surface area (Å²) in [6.45, 7) is 5.61. The largest absolute Gasteiger partial charge is 0.508 e. The van der Waals surface area contributed by atoms with Crippen molar-refractivity contribution in [2.24, 2.45) is 23.2 Å². The molecule has 2 aliphatic heterocycles. The molecule has 2 heterocycles. The van der Waals surface area contributed by atoms with Gasteiger partial charge in [-0.2, -0.15) is 0 Å². The minimum Gasteiger partial charge on any atom is -0.508 e. The summed E-state index contributed by atoms with van der Waals surface area (Å²) in [6, 6.07) is 6.60. The Bertz CT molecular complexity index is 827. The molecule has 2 saturated carbocycles. The Kier molecular flexibility index (Phi) is 4.69. The zero-order valence-corrected chi connectivity index (χ0v) is 18.1. The summed E-state index contributed by atoms with van der Waals surface area (Å²) >= 11 is 0. The number of benzene rings is 1. The van der Waals surface area contributed by atoms with Crippen molar-refractivity contribution in [3.05, 3.63) is 29.8 Å². The van der Waals surface area contributed by atoms with E-state index < -0.39 is 6.10 Å². The van der Waals surface area contributed by atoms with Gasteiger partial charge in [-0.1, -0.05) is 32.4 Å². The summed E-state index contributed by atoms with van der Waals surface area (Å²) in [5.41, 5.74) is 0.774. The average molecular weight is 416 g/mol. The lowest BCUT2D eigenvalue weighted by molar-refractivity contribution is -0.146. The number of aliphatic hydroxyl groups is 1. The molecule has 30 heavy (non-hydrogen) atoms. The first-order chi connectivity index (χ1) is 14.2. The molecule has 0 bridgehead atoms. The maximum atomic E-state index is 12.8. The van der Waals surface area contributed by atoms with Gasteiger partial charge in [-0.25, -0.2) is 0 Å². The Balaban J connectivity index is 1.29. The van der Waals surface area contributed by atoms with Crippen molar-refractivity contribution < 1.29 is 24.5 Å². The van der Waals surface area contributed by atoms with Gasteiger partial charge in [0.05, 0.1) is 18.1 Å². The summed E-state index contributed by atoms with van der Waals surface area (Å²) in [5, 5.41) is 20.0. The molecule has 0 unspecified atom stereocenters. The molecule has 4 aliphatic rings. The van der Waals surface area contributed by atoms with Gasteiger partial charge in [-0.3, -0.25) is 4.79 Å². The molecule has 2 N–H and O–H groups in total. The van der Waals surface area contributed by atoms with Crippen molar-refractivity contribution in [2.45, 2.75) is 63.4 Å². The number of hydrogen-bond acceptors (Lipinski definition) is 6. The standard InChI is InChI=1S/C24H33NO5/c1-14-5-4-10-23(2)11-19-20(21-24(14,23)30-21)17(22(28)29-19)12-25(3)13-18(27)15-6-8-16(26)9-7-15/h6-9,14,17-21,26-27H,4-5,10-13H2,1-3H3/t14-,17+,18+,19+,20+,21-,23+,24-/m0/s1. The Hall–Kier alpha value is -1.63. The number of aliphatic hydroxyl groups excluding tert-OH is 1. The molecule has 4 fully saturated rings. The van der Waals surface area contributed by atoms with Gasteiger partial charge in [0.1, 0.15) is 17.5 Å². The van der Waals surface area contributed by atoms with Crippen LogP contribution in [0.1, 0.15) is 51.2 Å². The Morgan fingerprint density at radius 3 is 2.77 bits per heavy atom. The van der Waals surface area contributed by atoms with E-state index in [0.29, 0.717) is 19.0 Å². The Labute approximate surface area is 178 Å². The second-order valence-electron chi connectivity index (χ2n) is 10.4. The third-order valence-corrected chi connectivity index (χ3v) is 8.46. The number of phenolic OH excluding ortho intramolecular Hbond substituents is 1. The van der Waals surface area contributed by atoms with E-state index >= 15 is 0 Å². The van der Waals surface area contributed by atoms with Crippen LogP contribution in [0.5, 0.6) is 5.75 Å². The highest BCUT2D eigenvalue weighted by Crippen LogP contribution is 2.70. The van der Waals surface area contributed by atoms with E-state index in [1.807, 2.05) is 11.9 Å². The van der Waals surface area contributed by atoms with Gasteiger partial charge in [0, 0.05) is 24.4 Å². The van der Waals surface area contributed by atoms with E-state index in [-0.39, 0.29) is 46.8 Å². The number of aromatic hydroxyl groups is 1. The second kappa shape index (κ2) is 6.94. The number of esters is 1. The van der Waals surface area contributed by atoms with Crippen LogP contribution < -0.4 is 0 Å². The lowest BCUT2D eigenvalue weighted by Gasteiger charge is -2.49. The molecule has 0 radical (unpaired) electrons. The van der Waals surface area contributed by atoms with E-state index in [2.05, 4.69) is 13.8 Å². The first-order valence-corrected chi connectivity index (χ1v) is 11.3. The predicted octanol–water partition coefficient (Wildman–Crippen LogP) is 2.88. The number of carbonyl (C=O) groups excluding carboxylic acids is 1. The number of phenols is 1. The van der Waals surface area contributed by atoms with Crippen LogP contribution >= 0.6 is 0 Å². The fourth-order valence-corrected chi connectivity index (χ4v) is 6.95. The first kappa shape index (κ1) is 20.3. The fraction of sp³-hybridized carbons (Fsp3) is 0.708. The van der Waals surface area contributed by atoms with Gasteiger partial charge in [-0.15, -0.1) is 0 Å². The molecule has 164 valence electrons. The molecule has 2 saturated heterocycles. The molecule has 0 aromatic heterocycles. The zero-order chi connectivity index (χ0) is 21.3. The SMILES string of the molecule is C[C@H]1CCC[C@]2(C)C[C@H]3OC(=O)[C@H](CN(C)C[C@@H](O)c4ccc(O)cc4)[C@H]3[C@@H]3O[C@@]132. The number of carbonyl (C=O) groups is 1. The molecule has 1 aromatic carbocycles. The monoisotopic (exact) mass is 415 g/mol. The van der Waals surface area contributed by atoms with Gasteiger partial charge >= 0.3 is 5.97 Å². The van der Waals surface area contributed by atoms with Crippen molar-refractivity contribution >= 4 is 5.97 Å². The second-order valence-corrected chi connectivity index (χ2v) is 10.4. The Morgan fingerprint density at radius 2 is 2.03 bits per heavy atom. The Morgan fingerprint density at radius 1 is 1.30 bits per heavy atom. The van der Waals surface area contributed by atoms with Gasteiger partial charge < -0.3 is 24.6 Å². The molecule has 1 aromatic rings. The molecular weight excluding hydrogens is 382 g/mol. The van der Waals surface area contributed by atoms with Gasteiger partial charge in [0.2, 0.25) is 0 Å². The van der Waals surface area contributed by atoms with E-state index in [1.165, 1.54) is 12.8 Å². The highest BCUT2D eigenvalue weighted by molar-refractivity contribution is 5.76. The van der Waals surface area contributed by atoms with Crippen molar-refractivity contribution in [1.82, 2.24) is 4.90 Å². The number of hydrogen-bond donors (Lipinski definition) is 2. The minimum absolute atomic E-state index is 0.0474. The number of ether oxygens (including phenoxy) is 2. The van der Waals surface area contributed by atoms with Crippen LogP contribution in [-0.2, 0) is 14.3 Å². The smallest absolute Gasteiger partial charge is 0.311 e. The van der Waals surface area contributed by atoms with Crippen LogP contribution in [0.3, 0.4) is 0 Å². The summed E-state index contributed by atoms with van der Waals surface area (Å²) in [4.78, 5) is 14.8. The van der Waals surface area contributed by atoms with Gasteiger partial charge in [0.15, 0.2) is 0 Å². The number of fused-ring (bicyclic) bond motifs is 2. The van der Waals surface area contributed by atoms with Crippen LogP contribution in [0, 0.1) is 23.2 Å². The minimum atomic E-state index is -0.680. The number of rotatable bonds is 5. The number of nitrogens with zero attached hydrogens (tertiary/aromatic N) is 1. The zero-order valence-electron chi connectivity index (χ0n) is 18.1. The van der Waals surface area contributed by atoms with Crippen LogP contribution in [0.15, 0.2) is 24.3 Å². The molecule has 0 amide bonds. The van der Waals surface area contributed by atoms with Crippen molar-refractivity contribution in [3.8, 4) is 5.75 Å². The van der Waals surface area contributed by atoms with Gasteiger partial charge in [0.25, 0.3) is 0 Å². The average Bonchev–Trinajstić information content (AvgIpc) is 3.37. The third kappa shape index (κ3) is 2.91. The van der Waals surface area contributed by atoms with Crippen molar-refractivity contribution in [3.63, 3.8) is 0 Å². The van der Waals surface area contributed by atoms with Crippen LogP contribution in [0.4, 0.5) is 0 Å². The van der Waals surface area contributed by atoms with Crippen molar-refractivity contribution in [2.75, 3.05) is 20.1 Å². The highest BCUT2D eigenvalue weighted by Gasteiger charge is 2.78. The lowest BCUT2D eigenvalue weighted by atomic mass is 9.53. The third-order valence-electron chi connectivity index (χ3n) is 8.46. The summed E-state index contributed by atoms with van der Waals surface area (Å²) in [5.74, 6) is 0.484.